The molecule has 1 amide bonds. The summed E-state index contributed by atoms with van der Waals surface area (Å²) < 4.78 is 5.31. The lowest BCUT2D eigenvalue weighted by atomic mass is 9.91. The predicted molar refractivity (Wildman–Crippen MR) is 91.1 cm³/mol. The molecule has 5 heteroatoms. The van der Waals surface area contributed by atoms with E-state index in [1.807, 2.05) is 6.92 Å². The second kappa shape index (κ2) is 9.13. The Morgan fingerprint density at radius 2 is 1.91 bits per heavy atom. The predicted octanol–water partition coefficient (Wildman–Crippen LogP) is 2.60. The maximum absolute atomic E-state index is 12.3. The molecule has 1 aliphatic rings. The van der Waals surface area contributed by atoms with Gasteiger partial charge in [0.25, 0.3) is 0 Å². The zero-order valence-electron chi connectivity index (χ0n) is 13.4. The minimum atomic E-state index is -0.439. The van der Waals surface area contributed by atoms with Gasteiger partial charge in [-0.15, -0.1) is 12.4 Å². The smallest absolute Gasteiger partial charge is 0.237 e. The van der Waals surface area contributed by atoms with Crippen LogP contribution in [0.15, 0.2) is 24.3 Å². The lowest BCUT2D eigenvalue weighted by Crippen LogP contribution is -2.47. The van der Waals surface area contributed by atoms with Crippen molar-refractivity contribution in [2.24, 2.45) is 11.7 Å². The first kappa shape index (κ1) is 18.9. The number of halogens is 1. The Bertz CT molecular complexity index is 458. The molecule has 0 aliphatic carbocycles. The number of carbonyl (C=O) groups excluding carboxylic acids is 1. The van der Waals surface area contributed by atoms with Crippen LogP contribution in [0.5, 0.6) is 0 Å². The number of aryl methyl sites for hydroxylation is 1. The van der Waals surface area contributed by atoms with Crippen LogP contribution in [-0.2, 0) is 16.0 Å². The van der Waals surface area contributed by atoms with Crippen molar-refractivity contribution in [3.8, 4) is 0 Å². The molecule has 3 N–H and O–H groups in total. The van der Waals surface area contributed by atoms with Crippen molar-refractivity contribution in [2.75, 3.05) is 13.2 Å². The number of ether oxygens (including phenoxy) is 1. The highest BCUT2D eigenvalue weighted by Gasteiger charge is 2.27. The van der Waals surface area contributed by atoms with Crippen LogP contribution in [0.1, 0.15) is 43.9 Å². The Balaban J connectivity index is 0.00000242. The van der Waals surface area contributed by atoms with Crippen molar-refractivity contribution in [3.05, 3.63) is 35.4 Å². The molecule has 2 atom stereocenters. The molecule has 1 fully saturated rings. The van der Waals surface area contributed by atoms with Crippen molar-refractivity contribution in [1.82, 2.24) is 5.32 Å². The number of hydrogen-bond acceptors (Lipinski definition) is 3. The van der Waals surface area contributed by atoms with Gasteiger partial charge in [0.1, 0.15) is 0 Å². The number of amides is 1. The highest BCUT2D eigenvalue weighted by molar-refractivity contribution is 5.85. The van der Waals surface area contributed by atoms with E-state index < -0.39 is 6.04 Å². The summed E-state index contributed by atoms with van der Waals surface area (Å²) in [6.07, 6.45) is 2.76. The fraction of sp³-hybridized carbons (Fsp3) is 0.588. The molecule has 0 spiro atoms. The normalized spacial score (nSPS) is 18.1. The first-order valence-corrected chi connectivity index (χ1v) is 7.84. The van der Waals surface area contributed by atoms with Gasteiger partial charge >= 0.3 is 0 Å². The molecule has 22 heavy (non-hydrogen) atoms. The Labute approximate surface area is 139 Å². The molecule has 1 saturated heterocycles. The Kier molecular flexibility index (Phi) is 7.87. The maximum atomic E-state index is 12.3. The van der Waals surface area contributed by atoms with Gasteiger partial charge in [0.05, 0.1) is 12.1 Å². The second-order valence-corrected chi connectivity index (χ2v) is 5.80. The average Bonchev–Trinajstić information content (AvgIpc) is 2.55. The van der Waals surface area contributed by atoms with Crippen LogP contribution in [0.3, 0.4) is 0 Å². The molecular weight excluding hydrogens is 300 g/mol. The van der Waals surface area contributed by atoms with Gasteiger partial charge in [-0.2, -0.15) is 0 Å². The molecule has 1 heterocycles. The third kappa shape index (κ3) is 4.97. The van der Waals surface area contributed by atoms with E-state index >= 15 is 0 Å². The van der Waals surface area contributed by atoms with Gasteiger partial charge in [-0.3, -0.25) is 4.79 Å². The molecule has 2 rings (SSSR count). The van der Waals surface area contributed by atoms with Gasteiger partial charge in [0, 0.05) is 13.2 Å². The number of rotatable bonds is 5. The van der Waals surface area contributed by atoms with E-state index in [1.165, 1.54) is 5.56 Å². The molecule has 0 saturated carbocycles. The summed E-state index contributed by atoms with van der Waals surface area (Å²) in [6.45, 7) is 5.54. The fourth-order valence-corrected chi connectivity index (χ4v) is 2.72. The Morgan fingerprint density at radius 3 is 2.45 bits per heavy atom. The van der Waals surface area contributed by atoms with Crippen molar-refractivity contribution < 1.29 is 9.53 Å². The van der Waals surface area contributed by atoms with Crippen molar-refractivity contribution in [2.45, 2.75) is 45.2 Å². The molecule has 2 unspecified atom stereocenters. The molecule has 124 valence electrons. The van der Waals surface area contributed by atoms with Gasteiger partial charge in [0.2, 0.25) is 5.91 Å². The molecule has 0 radical (unpaired) electrons. The first-order chi connectivity index (χ1) is 10.1. The van der Waals surface area contributed by atoms with Crippen molar-refractivity contribution in [3.63, 3.8) is 0 Å². The summed E-state index contributed by atoms with van der Waals surface area (Å²) in [4.78, 5) is 12.3. The SMILES string of the molecule is CCc1ccc(C(C)NC(=O)C(N)C2CCOCC2)cc1.Cl. The van der Waals surface area contributed by atoms with E-state index in [4.69, 9.17) is 10.5 Å². The highest BCUT2D eigenvalue weighted by atomic mass is 35.5. The quantitative estimate of drug-likeness (QED) is 0.874. The van der Waals surface area contributed by atoms with Crippen molar-refractivity contribution in [1.29, 1.82) is 0 Å². The van der Waals surface area contributed by atoms with Gasteiger partial charge < -0.3 is 15.8 Å². The summed E-state index contributed by atoms with van der Waals surface area (Å²) >= 11 is 0. The number of hydrogen-bond donors (Lipinski definition) is 2. The van der Waals surface area contributed by atoms with E-state index in [-0.39, 0.29) is 30.3 Å². The molecule has 0 aromatic heterocycles. The minimum absolute atomic E-state index is 0. The van der Waals surface area contributed by atoms with E-state index in [1.54, 1.807) is 0 Å². The molecule has 1 aromatic rings. The fourth-order valence-electron chi connectivity index (χ4n) is 2.72. The highest BCUT2D eigenvalue weighted by Crippen LogP contribution is 2.19. The second-order valence-electron chi connectivity index (χ2n) is 5.80. The van der Waals surface area contributed by atoms with E-state index in [0.29, 0.717) is 13.2 Å². The van der Waals surface area contributed by atoms with Crippen LogP contribution in [0.25, 0.3) is 0 Å². The number of carbonyl (C=O) groups is 1. The summed E-state index contributed by atoms with van der Waals surface area (Å²) in [5, 5.41) is 3.03. The van der Waals surface area contributed by atoms with Crippen LogP contribution < -0.4 is 11.1 Å². The minimum Gasteiger partial charge on any atom is -0.381 e. The monoisotopic (exact) mass is 326 g/mol. The Hall–Kier alpha value is -1.10. The van der Waals surface area contributed by atoms with Gasteiger partial charge in [-0.25, -0.2) is 0 Å². The topological polar surface area (TPSA) is 64.4 Å². The summed E-state index contributed by atoms with van der Waals surface area (Å²) in [5.74, 6) is 0.169. The lowest BCUT2D eigenvalue weighted by Gasteiger charge is -2.28. The summed E-state index contributed by atoms with van der Waals surface area (Å²) in [5.41, 5.74) is 8.51. The summed E-state index contributed by atoms with van der Waals surface area (Å²) in [7, 11) is 0. The molecule has 4 nitrogen and oxygen atoms in total. The van der Waals surface area contributed by atoms with Crippen LogP contribution >= 0.6 is 12.4 Å². The van der Waals surface area contributed by atoms with Crippen LogP contribution in [0, 0.1) is 5.92 Å². The van der Waals surface area contributed by atoms with Gasteiger partial charge in [-0.1, -0.05) is 31.2 Å². The maximum Gasteiger partial charge on any atom is 0.237 e. The van der Waals surface area contributed by atoms with E-state index in [0.717, 1.165) is 24.8 Å². The zero-order chi connectivity index (χ0) is 15.2. The number of nitrogens with two attached hydrogens (primary N) is 1. The van der Waals surface area contributed by atoms with E-state index in [9.17, 15) is 4.79 Å². The average molecular weight is 327 g/mol. The number of benzene rings is 1. The largest absolute Gasteiger partial charge is 0.381 e. The molecule has 0 bridgehead atoms. The zero-order valence-corrected chi connectivity index (χ0v) is 14.2. The van der Waals surface area contributed by atoms with Crippen molar-refractivity contribution >= 4 is 18.3 Å². The molecule has 1 aliphatic heterocycles. The molecular formula is C17H27ClN2O2. The Morgan fingerprint density at radius 1 is 1.32 bits per heavy atom. The summed E-state index contributed by atoms with van der Waals surface area (Å²) in [6, 6.07) is 7.90. The standard InChI is InChI=1S/C17H26N2O2.ClH/c1-3-13-4-6-14(7-5-13)12(2)19-17(20)16(18)15-8-10-21-11-9-15;/h4-7,12,15-16H,3,8-11,18H2,1-2H3,(H,19,20);1H. The third-order valence-electron chi connectivity index (χ3n) is 4.32. The first-order valence-electron chi connectivity index (χ1n) is 7.84. The van der Waals surface area contributed by atoms with Crippen LogP contribution in [0.4, 0.5) is 0 Å². The van der Waals surface area contributed by atoms with Crippen LogP contribution in [0.2, 0.25) is 0 Å². The van der Waals surface area contributed by atoms with Gasteiger partial charge in [-0.05, 0) is 43.2 Å². The third-order valence-corrected chi connectivity index (χ3v) is 4.32. The van der Waals surface area contributed by atoms with Gasteiger partial charge in [0.15, 0.2) is 0 Å². The van der Waals surface area contributed by atoms with Crippen LogP contribution in [-0.4, -0.2) is 25.2 Å². The number of nitrogens with one attached hydrogen (secondary N) is 1. The molecule has 1 aromatic carbocycles. The lowest BCUT2D eigenvalue weighted by molar-refractivity contribution is -0.125. The van der Waals surface area contributed by atoms with E-state index in [2.05, 4.69) is 36.5 Å².